The fourth-order valence-corrected chi connectivity index (χ4v) is 2.55. The number of methoxy groups -OCH3 is 1. The van der Waals surface area contributed by atoms with Crippen molar-refractivity contribution in [3.63, 3.8) is 0 Å². The van der Waals surface area contributed by atoms with Crippen molar-refractivity contribution in [2.24, 2.45) is 0 Å². The van der Waals surface area contributed by atoms with Crippen molar-refractivity contribution in [2.75, 3.05) is 7.11 Å². The summed E-state index contributed by atoms with van der Waals surface area (Å²) in [4.78, 5) is 0. The van der Waals surface area contributed by atoms with Crippen LogP contribution in [0.4, 0.5) is 0 Å². The fourth-order valence-electron chi connectivity index (χ4n) is 2.31. The zero-order valence-corrected chi connectivity index (χ0v) is 10.7. The Labute approximate surface area is 107 Å². The molecule has 0 saturated heterocycles. The highest BCUT2D eigenvalue weighted by Gasteiger charge is 2.24. The predicted molar refractivity (Wildman–Crippen MR) is 68.5 cm³/mol. The average Bonchev–Trinajstić information content (AvgIpc) is 2.73. The minimum atomic E-state index is -0.233. The van der Waals surface area contributed by atoms with Crippen molar-refractivity contribution in [1.29, 1.82) is 0 Å². The van der Waals surface area contributed by atoms with Gasteiger partial charge in [-0.2, -0.15) is 0 Å². The molecular formula is C13H18ClNO2. The third-order valence-corrected chi connectivity index (χ3v) is 3.67. The second kappa shape index (κ2) is 5.71. The molecule has 0 heterocycles. The van der Waals surface area contributed by atoms with E-state index in [1.165, 1.54) is 0 Å². The minimum absolute atomic E-state index is 0.177. The summed E-state index contributed by atoms with van der Waals surface area (Å²) < 4.78 is 5.28. The summed E-state index contributed by atoms with van der Waals surface area (Å²) in [6.07, 6.45) is 2.76. The Bertz CT molecular complexity index is 384. The maximum Gasteiger partial charge on any atom is 0.124 e. The van der Waals surface area contributed by atoms with Crippen LogP contribution in [-0.2, 0) is 6.54 Å². The minimum Gasteiger partial charge on any atom is -0.496 e. The normalized spacial score (nSPS) is 23.9. The van der Waals surface area contributed by atoms with Crippen LogP contribution in [0.2, 0.25) is 5.02 Å². The first-order valence-electron chi connectivity index (χ1n) is 5.95. The summed E-state index contributed by atoms with van der Waals surface area (Å²) >= 11 is 6.15. The molecule has 0 bridgehead atoms. The van der Waals surface area contributed by atoms with E-state index in [4.69, 9.17) is 16.3 Å². The van der Waals surface area contributed by atoms with Crippen molar-refractivity contribution >= 4 is 11.6 Å². The zero-order valence-electron chi connectivity index (χ0n) is 9.95. The second-order valence-electron chi connectivity index (χ2n) is 4.41. The van der Waals surface area contributed by atoms with E-state index in [1.807, 2.05) is 18.2 Å². The summed E-state index contributed by atoms with van der Waals surface area (Å²) in [6.45, 7) is 0.630. The van der Waals surface area contributed by atoms with Crippen molar-refractivity contribution < 1.29 is 9.84 Å². The highest BCUT2D eigenvalue weighted by atomic mass is 35.5. The highest BCUT2D eigenvalue weighted by Crippen LogP contribution is 2.27. The molecular weight excluding hydrogens is 238 g/mol. The largest absolute Gasteiger partial charge is 0.496 e. The molecule has 1 aliphatic carbocycles. The fraction of sp³-hybridized carbons (Fsp3) is 0.538. The molecule has 94 valence electrons. The topological polar surface area (TPSA) is 41.5 Å². The average molecular weight is 256 g/mol. The van der Waals surface area contributed by atoms with Crippen LogP contribution >= 0.6 is 11.6 Å². The SMILES string of the molecule is COc1cccc(Cl)c1CNC1CCCC1O. The summed E-state index contributed by atoms with van der Waals surface area (Å²) in [5, 5.41) is 13.8. The molecule has 0 aromatic heterocycles. The van der Waals surface area contributed by atoms with E-state index in [1.54, 1.807) is 7.11 Å². The predicted octanol–water partition coefficient (Wildman–Crippen LogP) is 2.35. The molecule has 2 unspecified atom stereocenters. The number of nitrogens with one attached hydrogen (secondary N) is 1. The standard InChI is InChI=1S/C13H18ClNO2/c1-17-13-7-2-4-10(14)9(13)8-15-11-5-3-6-12(11)16/h2,4,7,11-12,15-16H,3,5-6,8H2,1H3. The van der Waals surface area contributed by atoms with Gasteiger partial charge in [-0.1, -0.05) is 17.7 Å². The third kappa shape index (κ3) is 2.92. The number of benzene rings is 1. The number of hydrogen-bond donors (Lipinski definition) is 2. The smallest absolute Gasteiger partial charge is 0.124 e. The lowest BCUT2D eigenvalue weighted by molar-refractivity contribution is 0.148. The molecule has 0 amide bonds. The van der Waals surface area contributed by atoms with Gasteiger partial charge in [0.25, 0.3) is 0 Å². The van der Waals surface area contributed by atoms with Crippen LogP contribution in [0, 0.1) is 0 Å². The first kappa shape index (κ1) is 12.7. The molecule has 0 spiro atoms. The number of aliphatic hydroxyl groups is 1. The van der Waals surface area contributed by atoms with E-state index >= 15 is 0 Å². The van der Waals surface area contributed by atoms with Crippen molar-refractivity contribution in [2.45, 2.75) is 38.0 Å². The Hall–Kier alpha value is -0.770. The van der Waals surface area contributed by atoms with Crippen LogP contribution in [0.1, 0.15) is 24.8 Å². The van der Waals surface area contributed by atoms with Crippen LogP contribution in [0.3, 0.4) is 0 Å². The van der Waals surface area contributed by atoms with Crippen LogP contribution < -0.4 is 10.1 Å². The van der Waals surface area contributed by atoms with Crippen LogP contribution in [0.25, 0.3) is 0 Å². The molecule has 1 aromatic carbocycles. The van der Waals surface area contributed by atoms with Crippen molar-refractivity contribution in [3.8, 4) is 5.75 Å². The van der Waals surface area contributed by atoms with E-state index in [2.05, 4.69) is 5.32 Å². The van der Waals surface area contributed by atoms with Gasteiger partial charge in [0.05, 0.1) is 13.2 Å². The molecule has 2 atom stereocenters. The van der Waals surface area contributed by atoms with Gasteiger partial charge in [0.15, 0.2) is 0 Å². The van der Waals surface area contributed by atoms with Crippen LogP contribution in [-0.4, -0.2) is 24.4 Å². The molecule has 1 aliphatic rings. The number of aliphatic hydroxyl groups excluding tert-OH is 1. The summed E-state index contributed by atoms with van der Waals surface area (Å²) in [5.41, 5.74) is 0.954. The van der Waals surface area contributed by atoms with Gasteiger partial charge in [0.2, 0.25) is 0 Å². The molecule has 1 aromatic rings. The number of halogens is 1. The lowest BCUT2D eigenvalue weighted by Crippen LogP contribution is -2.35. The van der Waals surface area contributed by atoms with Crippen LogP contribution in [0.5, 0.6) is 5.75 Å². The Balaban J connectivity index is 2.03. The molecule has 0 aliphatic heterocycles. The van der Waals surface area contributed by atoms with Gasteiger partial charge in [-0.3, -0.25) is 0 Å². The van der Waals surface area contributed by atoms with Crippen LogP contribution in [0.15, 0.2) is 18.2 Å². The molecule has 0 radical (unpaired) electrons. The summed E-state index contributed by atoms with van der Waals surface area (Å²) in [7, 11) is 1.64. The molecule has 1 saturated carbocycles. The third-order valence-electron chi connectivity index (χ3n) is 3.32. The van der Waals surface area contributed by atoms with E-state index in [0.29, 0.717) is 11.6 Å². The quantitative estimate of drug-likeness (QED) is 0.868. The lowest BCUT2D eigenvalue weighted by atomic mass is 10.1. The Morgan fingerprint density at radius 2 is 2.29 bits per heavy atom. The number of ether oxygens (including phenoxy) is 1. The zero-order chi connectivity index (χ0) is 12.3. The monoisotopic (exact) mass is 255 g/mol. The molecule has 1 fully saturated rings. The first-order valence-corrected chi connectivity index (χ1v) is 6.33. The van der Waals surface area contributed by atoms with Gasteiger partial charge in [-0.25, -0.2) is 0 Å². The summed E-state index contributed by atoms with van der Waals surface area (Å²) in [5.74, 6) is 0.789. The van der Waals surface area contributed by atoms with Gasteiger partial charge in [0.1, 0.15) is 5.75 Å². The van der Waals surface area contributed by atoms with E-state index in [-0.39, 0.29) is 12.1 Å². The first-order chi connectivity index (χ1) is 8.22. The molecule has 3 nitrogen and oxygen atoms in total. The van der Waals surface area contributed by atoms with Gasteiger partial charge in [-0.15, -0.1) is 0 Å². The number of hydrogen-bond acceptors (Lipinski definition) is 3. The van der Waals surface area contributed by atoms with Crippen molar-refractivity contribution in [3.05, 3.63) is 28.8 Å². The summed E-state index contributed by atoms with van der Waals surface area (Å²) in [6, 6.07) is 5.80. The second-order valence-corrected chi connectivity index (χ2v) is 4.81. The van der Waals surface area contributed by atoms with E-state index < -0.39 is 0 Å². The Morgan fingerprint density at radius 3 is 2.94 bits per heavy atom. The Morgan fingerprint density at radius 1 is 1.47 bits per heavy atom. The Kier molecular flexibility index (Phi) is 4.26. The van der Waals surface area contributed by atoms with E-state index in [9.17, 15) is 5.11 Å². The van der Waals surface area contributed by atoms with Gasteiger partial charge < -0.3 is 15.2 Å². The molecule has 17 heavy (non-hydrogen) atoms. The van der Waals surface area contributed by atoms with Gasteiger partial charge in [-0.05, 0) is 31.4 Å². The molecule has 2 rings (SSSR count). The van der Waals surface area contributed by atoms with Crippen molar-refractivity contribution in [1.82, 2.24) is 5.32 Å². The maximum atomic E-state index is 9.74. The van der Waals surface area contributed by atoms with Gasteiger partial charge in [0, 0.05) is 23.2 Å². The molecule has 2 N–H and O–H groups in total. The van der Waals surface area contributed by atoms with Gasteiger partial charge >= 0.3 is 0 Å². The highest BCUT2D eigenvalue weighted by molar-refractivity contribution is 6.31. The van der Waals surface area contributed by atoms with E-state index in [0.717, 1.165) is 30.6 Å². The molecule has 4 heteroatoms. The number of rotatable bonds is 4. The maximum absolute atomic E-state index is 9.74. The lowest BCUT2D eigenvalue weighted by Gasteiger charge is -2.18.